The Morgan fingerprint density at radius 1 is 1.21 bits per heavy atom. The van der Waals surface area contributed by atoms with Gasteiger partial charge in [0.05, 0.1) is 11.6 Å². The predicted molar refractivity (Wildman–Crippen MR) is 97.4 cm³/mol. The number of hydrogen-bond acceptors (Lipinski definition) is 3. The second kappa shape index (κ2) is 7.14. The summed E-state index contributed by atoms with van der Waals surface area (Å²) in [5, 5.41) is 12.7. The summed E-state index contributed by atoms with van der Waals surface area (Å²) in [6.45, 7) is 8.55. The zero-order valence-electron chi connectivity index (χ0n) is 14.3. The highest BCUT2D eigenvalue weighted by Gasteiger charge is 2.16. The number of phenols is 1. The number of carbonyl (C=O) groups is 1. The van der Waals surface area contributed by atoms with Crippen LogP contribution >= 0.6 is 11.6 Å². The van der Waals surface area contributed by atoms with Gasteiger partial charge in [0, 0.05) is 11.3 Å². The number of carbonyl (C=O) groups excluding carboxylic acids is 1. The van der Waals surface area contributed by atoms with Gasteiger partial charge in [-0.3, -0.25) is 4.79 Å². The van der Waals surface area contributed by atoms with Crippen molar-refractivity contribution >= 4 is 23.2 Å². The lowest BCUT2D eigenvalue weighted by molar-refractivity contribution is 0.102. The van der Waals surface area contributed by atoms with Crippen molar-refractivity contribution in [3.63, 3.8) is 0 Å². The van der Waals surface area contributed by atoms with Crippen LogP contribution in [0.5, 0.6) is 11.5 Å². The first kappa shape index (κ1) is 18.1. The van der Waals surface area contributed by atoms with Crippen molar-refractivity contribution in [3.05, 3.63) is 52.5 Å². The maximum absolute atomic E-state index is 12.4. The third kappa shape index (κ3) is 4.20. The van der Waals surface area contributed by atoms with Gasteiger partial charge in [0.2, 0.25) is 0 Å². The summed E-state index contributed by atoms with van der Waals surface area (Å²) in [5.74, 6) is -0.288. The molecule has 0 unspecified atom stereocenters. The fraction of sp³-hybridized carbons (Fsp3) is 0.316. The summed E-state index contributed by atoms with van der Waals surface area (Å²) in [6.07, 6.45) is 0. The van der Waals surface area contributed by atoms with Crippen LogP contribution in [0.3, 0.4) is 0 Å². The smallest absolute Gasteiger partial charge is 0.255 e. The summed E-state index contributed by atoms with van der Waals surface area (Å²) < 4.78 is 5.30. The summed E-state index contributed by atoms with van der Waals surface area (Å²) >= 11 is 5.96. The molecule has 0 atom stereocenters. The zero-order valence-corrected chi connectivity index (χ0v) is 15.1. The van der Waals surface area contributed by atoms with E-state index in [2.05, 4.69) is 26.1 Å². The van der Waals surface area contributed by atoms with E-state index in [9.17, 15) is 9.90 Å². The van der Waals surface area contributed by atoms with Crippen LogP contribution in [0.1, 0.15) is 43.6 Å². The quantitative estimate of drug-likeness (QED) is 0.818. The van der Waals surface area contributed by atoms with Crippen molar-refractivity contribution in [2.45, 2.75) is 33.1 Å². The minimum atomic E-state index is -0.318. The molecule has 24 heavy (non-hydrogen) atoms. The molecule has 0 aliphatic rings. The standard InChI is InChI=1S/C19H22ClNO3/c1-5-24-16-11-12(10-15(20)17(16)22)18(23)21-14-8-6-13(7-9-14)19(2,3)4/h6-11,22H,5H2,1-4H3,(H,21,23). The molecule has 2 aromatic rings. The largest absolute Gasteiger partial charge is 0.503 e. The number of anilines is 1. The molecule has 0 radical (unpaired) electrons. The van der Waals surface area contributed by atoms with Gasteiger partial charge >= 0.3 is 0 Å². The van der Waals surface area contributed by atoms with Gasteiger partial charge in [0.25, 0.3) is 5.91 Å². The summed E-state index contributed by atoms with van der Waals surface area (Å²) in [5.41, 5.74) is 2.25. The fourth-order valence-electron chi connectivity index (χ4n) is 2.23. The number of phenolic OH excluding ortho intramolecular Hbond substituents is 1. The van der Waals surface area contributed by atoms with Crippen LogP contribution in [-0.2, 0) is 5.41 Å². The van der Waals surface area contributed by atoms with E-state index in [-0.39, 0.29) is 27.8 Å². The molecule has 4 nitrogen and oxygen atoms in total. The Balaban J connectivity index is 2.21. The molecule has 0 bridgehead atoms. The highest BCUT2D eigenvalue weighted by atomic mass is 35.5. The van der Waals surface area contributed by atoms with Crippen molar-refractivity contribution in [2.75, 3.05) is 11.9 Å². The van der Waals surface area contributed by atoms with Gasteiger partial charge in [-0.15, -0.1) is 0 Å². The summed E-state index contributed by atoms with van der Waals surface area (Å²) in [7, 11) is 0. The van der Waals surface area contributed by atoms with E-state index in [0.717, 1.165) is 0 Å². The molecular weight excluding hydrogens is 326 g/mol. The number of aromatic hydroxyl groups is 1. The molecule has 128 valence electrons. The molecule has 0 aliphatic carbocycles. The second-order valence-electron chi connectivity index (χ2n) is 6.52. The minimum absolute atomic E-state index is 0.0550. The molecule has 2 aromatic carbocycles. The molecule has 0 fully saturated rings. The lowest BCUT2D eigenvalue weighted by Gasteiger charge is -2.19. The van der Waals surface area contributed by atoms with Crippen LogP contribution in [0.4, 0.5) is 5.69 Å². The number of benzene rings is 2. The highest BCUT2D eigenvalue weighted by molar-refractivity contribution is 6.32. The fourth-order valence-corrected chi connectivity index (χ4v) is 2.44. The van der Waals surface area contributed by atoms with Crippen LogP contribution in [0.2, 0.25) is 5.02 Å². The molecule has 0 saturated carbocycles. The Morgan fingerprint density at radius 3 is 2.38 bits per heavy atom. The van der Waals surface area contributed by atoms with E-state index < -0.39 is 0 Å². The topological polar surface area (TPSA) is 58.6 Å². The van der Waals surface area contributed by atoms with Gasteiger partial charge in [-0.05, 0) is 42.2 Å². The lowest BCUT2D eigenvalue weighted by Crippen LogP contribution is -2.14. The number of rotatable bonds is 4. The molecule has 1 amide bonds. The van der Waals surface area contributed by atoms with E-state index in [4.69, 9.17) is 16.3 Å². The van der Waals surface area contributed by atoms with Crippen LogP contribution in [0.15, 0.2) is 36.4 Å². The number of amides is 1. The van der Waals surface area contributed by atoms with E-state index in [1.807, 2.05) is 24.3 Å². The molecule has 5 heteroatoms. The van der Waals surface area contributed by atoms with E-state index >= 15 is 0 Å². The molecule has 2 N–H and O–H groups in total. The van der Waals surface area contributed by atoms with Crippen molar-refractivity contribution in [1.29, 1.82) is 0 Å². The molecule has 0 heterocycles. The van der Waals surface area contributed by atoms with Crippen LogP contribution in [0, 0.1) is 0 Å². The molecule has 0 saturated heterocycles. The number of hydrogen-bond donors (Lipinski definition) is 2. The first-order valence-electron chi connectivity index (χ1n) is 7.79. The number of ether oxygens (including phenoxy) is 1. The maximum atomic E-state index is 12.4. The van der Waals surface area contributed by atoms with Crippen molar-refractivity contribution in [1.82, 2.24) is 0 Å². The zero-order chi connectivity index (χ0) is 17.9. The van der Waals surface area contributed by atoms with Crippen molar-refractivity contribution in [2.24, 2.45) is 0 Å². The van der Waals surface area contributed by atoms with Crippen LogP contribution in [0.25, 0.3) is 0 Å². The van der Waals surface area contributed by atoms with Gasteiger partial charge in [-0.25, -0.2) is 0 Å². The van der Waals surface area contributed by atoms with Gasteiger partial charge in [0.1, 0.15) is 0 Å². The normalized spacial score (nSPS) is 11.2. The van der Waals surface area contributed by atoms with Gasteiger partial charge < -0.3 is 15.2 Å². The SMILES string of the molecule is CCOc1cc(C(=O)Nc2ccc(C(C)(C)C)cc2)cc(Cl)c1O. The van der Waals surface area contributed by atoms with E-state index in [1.54, 1.807) is 6.92 Å². The van der Waals surface area contributed by atoms with Gasteiger partial charge in [-0.2, -0.15) is 0 Å². The Morgan fingerprint density at radius 2 is 1.83 bits per heavy atom. The number of nitrogens with one attached hydrogen (secondary N) is 1. The molecular formula is C19H22ClNO3. The van der Waals surface area contributed by atoms with Crippen molar-refractivity contribution in [3.8, 4) is 11.5 Å². The monoisotopic (exact) mass is 347 g/mol. The number of halogens is 1. The van der Waals surface area contributed by atoms with Crippen LogP contribution < -0.4 is 10.1 Å². The molecule has 0 aliphatic heterocycles. The first-order chi connectivity index (χ1) is 11.2. The third-order valence-corrected chi connectivity index (χ3v) is 3.89. The van der Waals surface area contributed by atoms with Gasteiger partial charge in [-0.1, -0.05) is 44.5 Å². The minimum Gasteiger partial charge on any atom is -0.503 e. The summed E-state index contributed by atoms with van der Waals surface area (Å²) in [6, 6.07) is 10.6. The second-order valence-corrected chi connectivity index (χ2v) is 6.93. The maximum Gasteiger partial charge on any atom is 0.255 e. The Hall–Kier alpha value is -2.20. The Kier molecular flexibility index (Phi) is 5.40. The average Bonchev–Trinajstić information content (AvgIpc) is 2.51. The Labute approximate surface area is 147 Å². The van der Waals surface area contributed by atoms with Crippen molar-refractivity contribution < 1.29 is 14.6 Å². The highest BCUT2D eigenvalue weighted by Crippen LogP contribution is 2.35. The van der Waals surface area contributed by atoms with Crippen LogP contribution in [-0.4, -0.2) is 17.6 Å². The van der Waals surface area contributed by atoms with E-state index in [0.29, 0.717) is 17.9 Å². The molecule has 2 rings (SSSR count). The first-order valence-corrected chi connectivity index (χ1v) is 8.17. The lowest BCUT2D eigenvalue weighted by atomic mass is 9.87. The molecule has 0 spiro atoms. The average molecular weight is 348 g/mol. The Bertz CT molecular complexity index is 734. The summed E-state index contributed by atoms with van der Waals surface area (Å²) in [4.78, 5) is 12.4. The van der Waals surface area contributed by atoms with E-state index in [1.165, 1.54) is 17.7 Å². The van der Waals surface area contributed by atoms with Gasteiger partial charge in [0.15, 0.2) is 11.5 Å². The predicted octanol–water partition coefficient (Wildman–Crippen LogP) is 4.99. The molecule has 0 aromatic heterocycles. The third-order valence-electron chi connectivity index (χ3n) is 3.60.